The van der Waals surface area contributed by atoms with Crippen LogP contribution in [0.4, 0.5) is 44.2 Å². The number of aromatic nitrogens is 10. The number of carbonyl (C=O) groups is 2. The molecule has 0 aliphatic carbocycles. The van der Waals surface area contributed by atoms with E-state index in [1.54, 1.807) is 53.8 Å². The minimum Gasteiger partial charge on any atom is -0.423 e. The third kappa shape index (κ3) is 8.72. The van der Waals surface area contributed by atoms with Crippen molar-refractivity contribution in [1.29, 1.82) is 0 Å². The number of carbonyl (C=O) groups excluding carboxylic acids is 2. The second kappa shape index (κ2) is 17.5. The maximum Gasteiger partial charge on any atom is 0.491 e. The summed E-state index contributed by atoms with van der Waals surface area (Å²) in [5, 5.41) is 23.2. The molecule has 0 unspecified atom stereocenters. The highest BCUT2D eigenvalue weighted by Crippen LogP contribution is 2.41. The van der Waals surface area contributed by atoms with Crippen molar-refractivity contribution >= 4 is 70.9 Å². The van der Waals surface area contributed by atoms with Gasteiger partial charge >= 0.3 is 19.2 Å². The third-order valence-corrected chi connectivity index (χ3v) is 10.3. The molecule has 4 N–H and O–H groups in total. The number of nitrogens with one attached hydrogen (secondary N) is 2. The molecule has 304 valence electrons. The van der Waals surface area contributed by atoms with Crippen molar-refractivity contribution in [1.82, 2.24) is 49.8 Å². The number of nitrogens with zero attached hydrogens (tertiary/aromatic N) is 14. The molecular weight excluding hydrogens is 791 g/mol. The van der Waals surface area contributed by atoms with Crippen molar-refractivity contribution in [3.8, 4) is 11.3 Å². The maximum absolute atomic E-state index is 13.1. The largest absolute Gasteiger partial charge is 0.491 e. The molecule has 2 fully saturated rings. The van der Waals surface area contributed by atoms with Crippen molar-refractivity contribution in [3.05, 3.63) is 103 Å². The van der Waals surface area contributed by atoms with E-state index in [1.807, 2.05) is 25.1 Å². The summed E-state index contributed by atoms with van der Waals surface area (Å²) in [7, 11) is -1.47. The van der Waals surface area contributed by atoms with Gasteiger partial charge in [-0.25, -0.2) is 49.5 Å². The normalized spacial score (nSPS) is 16.7. The summed E-state index contributed by atoms with van der Waals surface area (Å²) in [5.41, 5.74) is 3.76. The monoisotopic (exact) mass is 828 g/mol. The predicted molar refractivity (Wildman–Crippen MR) is 224 cm³/mol. The molecule has 4 amide bonds. The standard InChI is InChI=1S/C19H18N8O.C14H13ClN6O.C5H7BN2O2/c1-12-22-8-13(9-23-12)15-2-3-16-18(24-15)27(14-4-7-26(16)11-14)19(28)25-17-10-20-5-6-21-17;15-11-2-1-10-13(18-11)21(9-3-6-20(10)8-9)14(22)19-12-7-16-4-5-17-12;1-4-7-2-5(3-8-4)6(9)10/h2-3,5-6,8-10,14H,4,7,11H2,1H3,(H,21,25,28);1-2,4-5,7,9H,3,6,8H2,(H,17,19,22);2-3,9-10H,1H3/t14-;9-;/m00./s1. The number of urea groups is 2. The Morgan fingerprint density at radius 2 is 1.17 bits per heavy atom. The second-order valence-corrected chi connectivity index (χ2v) is 14.4. The Morgan fingerprint density at radius 1 is 0.667 bits per heavy atom. The number of hydrogen-bond acceptors (Lipinski definition) is 16. The minimum atomic E-state index is -1.47. The summed E-state index contributed by atoms with van der Waals surface area (Å²) in [4.78, 5) is 75.0. The van der Waals surface area contributed by atoms with Crippen LogP contribution in [-0.2, 0) is 0 Å². The van der Waals surface area contributed by atoms with Gasteiger partial charge in [0.25, 0.3) is 0 Å². The fourth-order valence-corrected chi connectivity index (χ4v) is 7.35. The van der Waals surface area contributed by atoms with E-state index in [-0.39, 0.29) is 24.1 Å². The van der Waals surface area contributed by atoms with E-state index in [0.717, 1.165) is 61.7 Å². The summed E-state index contributed by atoms with van der Waals surface area (Å²) in [6.45, 7) is 7.00. The van der Waals surface area contributed by atoms with Crippen LogP contribution in [-0.4, -0.2) is 117 Å². The first kappa shape index (κ1) is 39.8. The number of amides is 4. The highest BCUT2D eigenvalue weighted by molar-refractivity contribution is 6.58. The fraction of sp³-hybridized carbons (Fsp3) is 0.263. The zero-order chi connectivity index (χ0) is 41.8. The van der Waals surface area contributed by atoms with Crippen LogP contribution >= 0.6 is 11.6 Å². The van der Waals surface area contributed by atoms with Gasteiger partial charge in [0.15, 0.2) is 23.3 Å². The Balaban J connectivity index is 0.000000138. The molecule has 0 saturated carbocycles. The summed E-state index contributed by atoms with van der Waals surface area (Å²) < 4.78 is 0. The Kier molecular flexibility index (Phi) is 11.6. The summed E-state index contributed by atoms with van der Waals surface area (Å²) in [6.07, 6.45) is 17.3. The van der Waals surface area contributed by atoms with Crippen LogP contribution in [0.3, 0.4) is 0 Å². The van der Waals surface area contributed by atoms with E-state index in [1.165, 1.54) is 31.0 Å². The molecule has 22 heteroatoms. The molecule has 4 bridgehead atoms. The highest BCUT2D eigenvalue weighted by Gasteiger charge is 2.41. The van der Waals surface area contributed by atoms with Gasteiger partial charge in [-0.3, -0.25) is 30.4 Å². The summed E-state index contributed by atoms with van der Waals surface area (Å²) in [6, 6.07) is 7.27. The van der Waals surface area contributed by atoms with Gasteiger partial charge in [0.05, 0.1) is 41.5 Å². The Bertz CT molecular complexity index is 2460. The summed E-state index contributed by atoms with van der Waals surface area (Å²) in [5.74, 6) is 3.39. The number of fused-ring (bicyclic) bond motifs is 8. The highest BCUT2D eigenvalue weighted by atomic mass is 35.5. The molecule has 10 rings (SSSR count). The topological polar surface area (TPSA) is 241 Å². The molecule has 10 heterocycles. The zero-order valence-electron chi connectivity index (χ0n) is 32.4. The molecule has 60 heavy (non-hydrogen) atoms. The van der Waals surface area contributed by atoms with Crippen molar-refractivity contribution in [2.24, 2.45) is 0 Å². The number of pyridine rings is 2. The lowest BCUT2D eigenvalue weighted by atomic mass is 9.83. The molecule has 2 saturated heterocycles. The molecular formula is C38H38BClN16O4. The fourth-order valence-electron chi connectivity index (χ4n) is 7.21. The van der Waals surface area contributed by atoms with E-state index in [0.29, 0.717) is 45.5 Å². The maximum atomic E-state index is 13.1. The van der Waals surface area contributed by atoms with Crippen molar-refractivity contribution < 1.29 is 19.6 Å². The number of aryl methyl sites for hydroxylation is 2. The Morgan fingerprint density at radius 3 is 1.67 bits per heavy atom. The SMILES string of the molecule is Cc1ncc(-c2ccc3c(n2)N(C(=O)Nc2cnccn2)[C@H]2CCN3C2)cn1.Cc1ncc(B(O)O)cn1.O=C(Nc1cnccn1)N1c2nc(Cl)ccc2N2CC[C@H]1C2. The number of halogens is 1. The third-order valence-electron chi connectivity index (χ3n) is 10.1. The van der Waals surface area contributed by atoms with Crippen LogP contribution in [0.25, 0.3) is 11.3 Å². The number of hydrogen-bond donors (Lipinski definition) is 4. The van der Waals surface area contributed by atoms with Crippen LogP contribution in [0.2, 0.25) is 5.15 Å². The van der Waals surface area contributed by atoms with Crippen molar-refractivity contribution in [3.63, 3.8) is 0 Å². The van der Waals surface area contributed by atoms with Crippen LogP contribution in [0.1, 0.15) is 24.5 Å². The van der Waals surface area contributed by atoms with Crippen LogP contribution in [0, 0.1) is 13.8 Å². The van der Waals surface area contributed by atoms with Gasteiger partial charge in [0.1, 0.15) is 16.8 Å². The zero-order valence-corrected chi connectivity index (χ0v) is 33.2. The first-order chi connectivity index (χ1) is 29.1. The molecule has 0 radical (unpaired) electrons. The molecule has 4 aliphatic heterocycles. The van der Waals surface area contributed by atoms with E-state index < -0.39 is 7.12 Å². The van der Waals surface area contributed by atoms with E-state index in [9.17, 15) is 9.59 Å². The molecule has 4 aliphatic rings. The lowest BCUT2D eigenvalue weighted by molar-refractivity contribution is 0.254. The first-order valence-electron chi connectivity index (χ1n) is 18.9. The van der Waals surface area contributed by atoms with Crippen molar-refractivity contribution in [2.45, 2.75) is 38.8 Å². The van der Waals surface area contributed by atoms with Crippen molar-refractivity contribution in [2.75, 3.05) is 56.4 Å². The minimum absolute atomic E-state index is 0.0705. The Labute approximate surface area is 349 Å². The molecule has 2 atom stereocenters. The lowest BCUT2D eigenvalue weighted by Gasteiger charge is -2.35. The second-order valence-electron chi connectivity index (χ2n) is 14.0. The van der Waals surface area contributed by atoms with Crippen LogP contribution in [0.15, 0.2) is 86.2 Å². The molecule has 6 aromatic heterocycles. The number of rotatable bonds is 4. The van der Waals surface area contributed by atoms with Gasteiger partial charge in [-0.15, -0.1) is 0 Å². The molecule has 20 nitrogen and oxygen atoms in total. The average Bonchev–Trinajstić information content (AvgIpc) is 3.87. The summed E-state index contributed by atoms with van der Waals surface area (Å²) >= 11 is 6.01. The quantitative estimate of drug-likeness (QED) is 0.148. The first-order valence-corrected chi connectivity index (χ1v) is 19.3. The number of anilines is 6. The van der Waals surface area contributed by atoms with Gasteiger partial charge < -0.3 is 19.8 Å². The van der Waals surface area contributed by atoms with Gasteiger partial charge in [0.2, 0.25) is 0 Å². The Hall–Kier alpha value is -6.97. The molecule has 6 aromatic rings. The molecule has 0 spiro atoms. The van der Waals surface area contributed by atoms with Gasteiger partial charge in [0, 0.05) is 86.8 Å². The van der Waals surface area contributed by atoms with Gasteiger partial charge in [-0.05, 0) is 51.0 Å². The van der Waals surface area contributed by atoms with Gasteiger partial charge in [-0.2, -0.15) is 0 Å². The van der Waals surface area contributed by atoms with E-state index in [2.05, 4.69) is 65.3 Å². The van der Waals surface area contributed by atoms with Crippen LogP contribution in [0.5, 0.6) is 0 Å². The van der Waals surface area contributed by atoms with E-state index >= 15 is 0 Å². The van der Waals surface area contributed by atoms with Crippen LogP contribution < -0.4 is 35.7 Å². The predicted octanol–water partition coefficient (Wildman–Crippen LogP) is 2.89. The molecule has 0 aromatic carbocycles. The van der Waals surface area contributed by atoms with Gasteiger partial charge in [-0.1, -0.05) is 11.6 Å². The average molecular weight is 829 g/mol. The smallest absolute Gasteiger partial charge is 0.423 e. The lowest BCUT2D eigenvalue weighted by Crippen LogP contribution is -2.48. The van der Waals surface area contributed by atoms with E-state index in [4.69, 9.17) is 26.6 Å².